The molecule has 0 saturated heterocycles. The van der Waals surface area contributed by atoms with E-state index in [4.69, 9.17) is 5.11 Å². The van der Waals surface area contributed by atoms with Gasteiger partial charge in [0.1, 0.15) is 12.1 Å². The van der Waals surface area contributed by atoms with Crippen molar-refractivity contribution in [2.75, 3.05) is 0 Å². The molecule has 5 aliphatic carbocycles. The van der Waals surface area contributed by atoms with Crippen LogP contribution < -0.4 is 10.6 Å². The maximum absolute atomic E-state index is 14.4. The molecule has 296 valence electrons. The van der Waals surface area contributed by atoms with E-state index in [1.807, 2.05) is 6.92 Å². The molecule has 0 aromatic heterocycles. The lowest BCUT2D eigenvalue weighted by atomic mass is 9.32. The minimum absolute atomic E-state index is 0.0693. The standard InChI is InChI=1S/C40H60N2O11/c1-21(2)22-13-18-40(35(53)42-25(33(50)51)9-12-30(46)47)20-19-37(4)23(31(22)40)7-10-26-36(3)16-15-28(43)39(6,27(36)14-17-38(26,37)5)34(52)41-24(32(48)49)8-11-29(44)45/h22-28,31,43H,1,7-20H2,2-6H3,(H,41,52)(H,42,53)(H,44,45)(H,46,47)(H,48,49)(H,50,51)/t22-,23+,24-,25-,26+,27+,28+,31+,36+,37+,38+,39-,40-/m0/s1. The first-order valence-electron chi connectivity index (χ1n) is 19.4. The molecule has 5 saturated carbocycles. The molecule has 5 aliphatic rings. The number of carbonyl (C=O) groups excluding carboxylic acids is 2. The van der Waals surface area contributed by atoms with Crippen molar-refractivity contribution in [3.63, 3.8) is 0 Å². The van der Waals surface area contributed by atoms with Crippen LogP contribution in [0.15, 0.2) is 12.2 Å². The zero-order chi connectivity index (χ0) is 39.5. The summed E-state index contributed by atoms with van der Waals surface area (Å²) in [5, 5.41) is 55.0. The number of hydrogen-bond acceptors (Lipinski definition) is 7. The summed E-state index contributed by atoms with van der Waals surface area (Å²) in [6.45, 7) is 15.1. The second-order valence-corrected chi connectivity index (χ2v) is 18.3. The number of aliphatic hydroxyl groups excluding tert-OH is 1. The summed E-state index contributed by atoms with van der Waals surface area (Å²) in [5.74, 6) is -5.69. The Morgan fingerprint density at radius 3 is 1.77 bits per heavy atom. The smallest absolute Gasteiger partial charge is 0.326 e. The minimum Gasteiger partial charge on any atom is -0.481 e. The molecule has 0 unspecified atom stereocenters. The normalized spacial score (nSPS) is 41.2. The number of carboxylic acid groups (broad SMARTS) is 4. The summed E-state index contributed by atoms with van der Waals surface area (Å²) in [5.41, 5.74) is -1.89. The highest BCUT2D eigenvalue weighted by Crippen LogP contribution is 2.77. The molecule has 13 heteroatoms. The lowest BCUT2D eigenvalue weighted by Crippen LogP contribution is -2.69. The van der Waals surface area contributed by atoms with E-state index in [2.05, 4.69) is 38.0 Å². The number of rotatable bonds is 13. The maximum Gasteiger partial charge on any atom is 0.326 e. The highest BCUT2D eigenvalue weighted by Gasteiger charge is 2.73. The molecule has 0 radical (unpaired) electrons. The molecule has 13 nitrogen and oxygen atoms in total. The van der Waals surface area contributed by atoms with Crippen molar-refractivity contribution in [1.82, 2.24) is 10.6 Å². The van der Waals surface area contributed by atoms with Gasteiger partial charge in [-0.3, -0.25) is 19.2 Å². The summed E-state index contributed by atoms with van der Waals surface area (Å²) >= 11 is 0. The highest BCUT2D eigenvalue weighted by atomic mass is 16.4. The summed E-state index contributed by atoms with van der Waals surface area (Å²) in [6.07, 6.45) is 4.55. The number of hydrogen-bond donors (Lipinski definition) is 7. The Bertz CT molecular complexity index is 1550. The van der Waals surface area contributed by atoms with Crippen LogP contribution in [0.2, 0.25) is 0 Å². The zero-order valence-corrected chi connectivity index (χ0v) is 31.9. The van der Waals surface area contributed by atoms with Crippen molar-refractivity contribution < 1.29 is 54.3 Å². The second-order valence-electron chi connectivity index (χ2n) is 18.3. The Hall–Kier alpha value is -3.48. The maximum atomic E-state index is 14.4. The number of nitrogens with one attached hydrogen (secondary N) is 2. The third-order valence-electron chi connectivity index (χ3n) is 16.1. The predicted octanol–water partition coefficient (Wildman–Crippen LogP) is 4.85. The molecular weight excluding hydrogens is 684 g/mol. The van der Waals surface area contributed by atoms with Gasteiger partial charge in [0.25, 0.3) is 0 Å². The minimum atomic E-state index is -1.39. The van der Waals surface area contributed by atoms with E-state index in [1.54, 1.807) is 6.92 Å². The van der Waals surface area contributed by atoms with Gasteiger partial charge in [-0.05, 0) is 137 Å². The van der Waals surface area contributed by atoms with Gasteiger partial charge in [0.15, 0.2) is 0 Å². The van der Waals surface area contributed by atoms with Crippen molar-refractivity contribution >= 4 is 35.7 Å². The zero-order valence-electron chi connectivity index (χ0n) is 31.9. The Morgan fingerprint density at radius 2 is 1.25 bits per heavy atom. The molecule has 13 atom stereocenters. The van der Waals surface area contributed by atoms with Gasteiger partial charge in [-0.2, -0.15) is 0 Å². The quantitative estimate of drug-likeness (QED) is 0.126. The van der Waals surface area contributed by atoms with Gasteiger partial charge in [0, 0.05) is 12.8 Å². The van der Waals surface area contributed by atoms with Crippen molar-refractivity contribution in [3.05, 3.63) is 12.2 Å². The number of aliphatic carboxylic acids is 4. The molecule has 5 rings (SSSR count). The summed E-state index contributed by atoms with van der Waals surface area (Å²) in [4.78, 5) is 75.2. The lowest BCUT2D eigenvalue weighted by Gasteiger charge is -2.72. The molecule has 2 amide bonds. The van der Waals surface area contributed by atoms with Crippen LogP contribution in [-0.2, 0) is 28.8 Å². The van der Waals surface area contributed by atoms with Crippen molar-refractivity contribution in [2.45, 2.75) is 143 Å². The van der Waals surface area contributed by atoms with Gasteiger partial charge in [0.2, 0.25) is 11.8 Å². The summed E-state index contributed by atoms with van der Waals surface area (Å²) in [7, 11) is 0. The Morgan fingerprint density at radius 1 is 0.679 bits per heavy atom. The molecule has 0 spiro atoms. The number of fused-ring (bicyclic) bond motifs is 7. The largest absolute Gasteiger partial charge is 0.481 e. The molecular formula is C40H60N2O11. The molecule has 5 fully saturated rings. The Balaban J connectivity index is 1.46. The first-order valence-corrected chi connectivity index (χ1v) is 19.4. The average molecular weight is 745 g/mol. The van der Waals surface area contributed by atoms with Gasteiger partial charge in [-0.1, -0.05) is 32.9 Å². The Kier molecular flexibility index (Phi) is 11.0. The topological polar surface area (TPSA) is 228 Å². The van der Waals surface area contributed by atoms with Gasteiger partial charge >= 0.3 is 23.9 Å². The van der Waals surface area contributed by atoms with Gasteiger partial charge in [-0.15, -0.1) is 0 Å². The molecule has 0 aromatic carbocycles. The van der Waals surface area contributed by atoms with Crippen LogP contribution in [-0.4, -0.2) is 79.4 Å². The fraction of sp³-hybridized carbons (Fsp3) is 0.800. The van der Waals surface area contributed by atoms with Crippen LogP contribution in [0.4, 0.5) is 0 Å². The number of allylic oxidation sites excluding steroid dienone is 1. The first kappa shape index (κ1) is 40.7. The number of carbonyl (C=O) groups is 6. The third kappa shape index (κ3) is 6.46. The fourth-order valence-corrected chi connectivity index (χ4v) is 13.2. The summed E-state index contributed by atoms with van der Waals surface area (Å²) < 4.78 is 0. The predicted molar refractivity (Wildman–Crippen MR) is 192 cm³/mol. The number of aliphatic hydroxyl groups is 1. The second kappa shape index (κ2) is 14.3. The van der Waals surface area contributed by atoms with E-state index in [0.29, 0.717) is 32.1 Å². The average Bonchev–Trinajstić information content (AvgIpc) is 3.48. The van der Waals surface area contributed by atoms with E-state index in [0.717, 1.165) is 37.7 Å². The van der Waals surface area contributed by atoms with Gasteiger partial charge in [-0.25, -0.2) is 9.59 Å². The Labute approximate surface area is 311 Å². The molecule has 0 aliphatic heterocycles. The van der Waals surface area contributed by atoms with Crippen LogP contribution in [0, 0.1) is 56.7 Å². The molecule has 7 N–H and O–H groups in total. The van der Waals surface area contributed by atoms with Gasteiger partial charge in [0.05, 0.1) is 16.9 Å². The van der Waals surface area contributed by atoms with Gasteiger partial charge < -0.3 is 36.2 Å². The SMILES string of the molecule is C=C(C)[C@@H]1CC[C@]2(C(=O)N[C@@H](CCC(=O)O)C(=O)O)CC[C@]3(C)[C@H](CC[C@@H]4[C@@]5(C)CC[C@@H](O)[C@@](C)(C(=O)N[C@@H](CCC(=O)O)C(=O)O)[C@@H]5CC[C@]43C)[C@@H]12. The van der Waals surface area contributed by atoms with Crippen molar-refractivity contribution in [2.24, 2.45) is 56.7 Å². The number of carboxylic acids is 4. The van der Waals surface area contributed by atoms with Crippen LogP contribution in [0.25, 0.3) is 0 Å². The monoisotopic (exact) mass is 744 g/mol. The van der Waals surface area contributed by atoms with E-state index >= 15 is 0 Å². The molecule has 0 bridgehead atoms. The fourth-order valence-electron chi connectivity index (χ4n) is 13.2. The van der Waals surface area contributed by atoms with Crippen LogP contribution in [0.1, 0.15) is 125 Å². The number of amides is 2. The van der Waals surface area contributed by atoms with E-state index < -0.39 is 65.2 Å². The highest BCUT2D eigenvalue weighted by molar-refractivity contribution is 5.89. The summed E-state index contributed by atoms with van der Waals surface area (Å²) in [6, 6.07) is -2.69. The first-order chi connectivity index (χ1) is 24.6. The molecule has 0 heterocycles. The van der Waals surface area contributed by atoms with Crippen LogP contribution >= 0.6 is 0 Å². The van der Waals surface area contributed by atoms with E-state index in [-0.39, 0.29) is 71.0 Å². The van der Waals surface area contributed by atoms with E-state index in [1.165, 1.54) is 0 Å². The third-order valence-corrected chi connectivity index (χ3v) is 16.1. The van der Waals surface area contributed by atoms with Crippen LogP contribution in [0.3, 0.4) is 0 Å². The van der Waals surface area contributed by atoms with E-state index in [9.17, 15) is 49.2 Å². The van der Waals surface area contributed by atoms with Crippen molar-refractivity contribution in [1.29, 1.82) is 0 Å². The molecule has 0 aromatic rings. The van der Waals surface area contributed by atoms with Crippen molar-refractivity contribution in [3.8, 4) is 0 Å². The van der Waals surface area contributed by atoms with Crippen LogP contribution in [0.5, 0.6) is 0 Å². The lowest BCUT2D eigenvalue weighted by molar-refractivity contribution is -0.246. The molecule has 53 heavy (non-hydrogen) atoms.